The molecule has 2 unspecified atom stereocenters. The van der Waals surface area contributed by atoms with Gasteiger partial charge in [0, 0.05) is 35.1 Å². The van der Waals surface area contributed by atoms with E-state index in [1.807, 2.05) is 36.3 Å². The Morgan fingerprint density at radius 1 is 1.46 bits per heavy atom. The number of pyridine rings is 1. The second-order valence-corrected chi connectivity index (χ2v) is 4.93. The van der Waals surface area contributed by atoms with E-state index >= 15 is 0 Å². The Morgan fingerprint density at radius 3 is 2.85 bits per heavy atom. The summed E-state index contributed by atoms with van der Waals surface area (Å²) < 4.78 is 0. The predicted molar refractivity (Wildman–Crippen MR) is 58.2 cm³/mol. The molecule has 2 nitrogen and oxygen atoms in total. The van der Waals surface area contributed by atoms with E-state index in [1.165, 1.54) is 17.9 Å². The van der Waals surface area contributed by atoms with Crippen LogP contribution in [0.4, 0.5) is 5.69 Å². The zero-order valence-corrected chi connectivity index (χ0v) is 8.55. The summed E-state index contributed by atoms with van der Waals surface area (Å²) in [6.45, 7) is 2.29. The van der Waals surface area contributed by atoms with Gasteiger partial charge in [-0.2, -0.15) is 11.8 Å². The number of rotatable bonds is 2. The largest absolute Gasteiger partial charge is 0.381 e. The average molecular weight is 194 g/mol. The van der Waals surface area contributed by atoms with Crippen molar-refractivity contribution in [2.45, 2.75) is 24.6 Å². The molecule has 2 heterocycles. The molecule has 0 amide bonds. The molecule has 13 heavy (non-hydrogen) atoms. The lowest BCUT2D eigenvalue weighted by molar-refractivity contribution is 0.747. The van der Waals surface area contributed by atoms with Gasteiger partial charge in [0.15, 0.2) is 0 Å². The van der Waals surface area contributed by atoms with Crippen molar-refractivity contribution in [1.29, 1.82) is 0 Å². The maximum absolute atomic E-state index is 3.99. The number of hydrogen-bond acceptors (Lipinski definition) is 3. The van der Waals surface area contributed by atoms with E-state index in [0.717, 1.165) is 5.25 Å². The highest BCUT2D eigenvalue weighted by molar-refractivity contribution is 8.00. The number of anilines is 1. The van der Waals surface area contributed by atoms with Gasteiger partial charge in [-0.3, -0.25) is 4.98 Å². The summed E-state index contributed by atoms with van der Waals surface area (Å²) in [6, 6.07) is 4.68. The molecule has 0 spiro atoms. The quantitative estimate of drug-likeness (QED) is 0.782. The van der Waals surface area contributed by atoms with E-state index in [-0.39, 0.29) is 0 Å². The maximum atomic E-state index is 3.99. The average Bonchev–Trinajstić information content (AvgIpc) is 2.53. The molecule has 0 aliphatic carbocycles. The Morgan fingerprint density at radius 2 is 2.23 bits per heavy atom. The number of nitrogens with one attached hydrogen (secondary N) is 1. The van der Waals surface area contributed by atoms with E-state index in [0.29, 0.717) is 6.04 Å². The number of hydrogen-bond donors (Lipinski definition) is 1. The minimum atomic E-state index is 0.641. The molecule has 0 saturated carbocycles. The summed E-state index contributed by atoms with van der Waals surface area (Å²) in [5.41, 5.74) is 1.19. The second-order valence-electron chi connectivity index (χ2n) is 3.46. The number of thioether (sulfide) groups is 1. The highest BCUT2D eigenvalue weighted by Crippen LogP contribution is 2.27. The van der Waals surface area contributed by atoms with Gasteiger partial charge < -0.3 is 5.32 Å². The van der Waals surface area contributed by atoms with Crippen LogP contribution in [0.15, 0.2) is 24.5 Å². The topological polar surface area (TPSA) is 24.9 Å². The number of nitrogens with zero attached hydrogens (tertiary/aromatic N) is 1. The summed E-state index contributed by atoms with van der Waals surface area (Å²) in [5, 5.41) is 4.32. The van der Waals surface area contributed by atoms with Crippen LogP contribution in [-0.2, 0) is 0 Å². The molecular formula is C10H14N2S. The summed E-state index contributed by atoms with van der Waals surface area (Å²) in [6.07, 6.45) is 4.93. The molecule has 1 aromatic rings. The van der Waals surface area contributed by atoms with Gasteiger partial charge in [-0.25, -0.2) is 0 Å². The molecule has 0 bridgehead atoms. The molecular weight excluding hydrogens is 180 g/mol. The fraction of sp³-hybridized carbons (Fsp3) is 0.500. The Labute approximate surface area is 83.1 Å². The third kappa shape index (κ3) is 2.37. The molecule has 1 N–H and O–H groups in total. The predicted octanol–water partition coefficient (Wildman–Crippen LogP) is 2.39. The molecule has 70 valence electrons. The van der Waals surface area contributed by atoms with Crippen LogP contribution in [0.25, 0.3) is 0 Å². The van der Waals surface area contributed by atoms with Crippen molar-refractivity contribution in [2.24, 2.45) is 0 Å². The fourth-order valence-corrected chi connectivity index (χ4v) is 2.75. The fourth-order valence-electron chi connectivity index (χ4n) is 1.60. The molecule has 1 aliphatic rings. The van der Waals surface area contributed by atoms with Gasteiger partial charge in [-0.05, 0) is 18.6 Å². The van der Waals surface area contributed by atoms with Crippen LogP contribution in [0.1, 0.15) is 13.3 Å². The molecule has 3 heteroatoms. The SMILES string of the molecule is CC1CC(Nc2ccncc2)CS1. The Bertz CT molecular complexity index is 263. The molecule has 0 aromatic carbocycles. The van der Waals surface area contributed by atoms with Gasteiger partial charge in [-0.1, -0.05) is 6.92 Å². The standard InChI is InChI=1S/C10H14N2S/c1-8-6-10(7-13-8)12-9-2-4-11-5-3-9/h2-5,8,10H,6-7H2,1H3,(H,11,12). The van der Waals surface area contributed by atoms with Gasteiger partial charge in [0.2, 0.25) is 0 Å². The first kappa shape index (κ1) is 8.88. The smallest absolute Gasteiger partial charge is 0.0373 e. The van der Waals surface area contributed by atoms with Crippen molar-refractivity contribution in [3.63, 3.8) is 0 Å². The van der Waals surface area contributed by atoms with Crippen LogP contribution in [0.5, 0.6) is 0 Å². The van der Waals surface area contributed by atoms with Crippen molar-refractivity contribution in [3.8, 4) is 0 Å². The lowest BCUT2D eigenvalue weighted by Gasteiger charge is -2.12. The first-order valence-electron chi connectivity index (χ1n) is 4.63. The molecule has 0 radical (unpaired) electrons. The van der Waals surface area contributed by atoms with E-state index in [4.69, 9.17) is 0 Å². The van der Waals surface area contributed by atoms with Gasteiger partial charge >= 0.3 is 0 Å². The molecule has 1 aromatic heterocycles. The first-order valence-corrected chi connectivity index (χ1v) is 5.67. The van der Waals surface area contributed by atoms with Gasteiger partial charge in [0.25, 0.3) is 0 Å². The monoisotopic (exact) mass is 194 g/mol. The van der Waals surface area contributed by atoms with Gasteiger partial charge in [-0.15, -0.1) is 0 Å². The Kier molecular flexibility index (Phi) is 2.74. The van der Waals surface area contributed by atoms with Crippen LogP contribution in [-0.4, -0.2) is 22.0 Å². The van der Waals surface area contributed by atoms with Crippen LogP contribution in [0.3, 0.4) is 0 Å². The van der Waals surface area contributed by atoms with Crippen LogP contribution < -0.4 is 5.32 Å². The minimum Gasteiger partial charge on any atom is -0.381 e. The van der Waals surface area contributed by atoms with Crippen LogP contribution >= 0.6 is 11.8 Å². The highest BCUT2D eigenvalue weighted by atomic mass is 32.2. The first-order chi connectivity index (χ1) is 6.34. The van der Waals surface area contributed by atoms with Crippen molar-refractivity contribution in [2.75, 3.05) is 11.1 Å². The van der Waals surface area contributed by atoms with Crippen molar-refractivity contribution in [3.05, 3.63) is 24.5 Å². The molecule has 1 fully saturated rings. The van der Waals surface area contributed by atoms with E-state index < -0.39 is 0 Å². The van der Waals surface area contributed by atoms with Crippen molar-refractivity contribution in [1.82, 2.24) is 4.98 Å². The second kappa shape index (κ2) is 4.01. The van der Waals surface area contributed by atoms with Crippen LogP contribution in [0, 0.1) is 0 Å². The molecule has 1 saturated heterocycles. The van der Waals surface area contributed by atoms with Crippen molar-refractivity contribution >= 4 is 17.4 Å². The summed E-state index contributed by atoms with van der Waals surface area (Å²) in [4.78, 5) is 3.99. The minimum absolute atomic E-state index is 0.641. The Hall–Kier alpha value is -0.700. The zero-order chi connectivity index (χ0) is 9.10. The van der Waals surface area contributed by atoms with E-state index in [2.05, 4.69) is 17.2 Å². The van der Waals surface area contributed by atoms with E-state index in [9.17, 15) is 0 Å². The van der Waals surface area contributed by atoms with Crippen molar-refractivity contribution < 1.29 is 0 Å². The molecule has 1 aliphatic heterocycles. The van der Waals surface area contributed by atoms with Gasteiger partial charge in [0.1, 0.15) is 0 Å². The van der Waals surface area contributed by atoms with Crippen LogP contribution in [0.2, 0.25) is 0 Å². The number of aromatic nitrogens is 1. The normalized spacial score (nSPS) is 27.5. The highest BCUT2D eigenvalue weighted by Gasteiger charge is 2.21. The lowest BCUT2D eigenvalue weighted by Crippen LogP contribution is -2.18. The molecule has 2 atom stereocenters. The third-order valence-corrected chi connectivity index (χ3v) is 3.61. The lowest BCUT2D eigenvalue weighted by atomic mass is 10.2. The summed E-state index contributed by atoms with van der Waals surface area (Å²) in [7, 11) is 0. The third-order valence-electron chi connectivity index (χ3n) is 2.25. The summed E-state index contributed by atoms with van der Waals surface area (Å²) in [5.74, 6) is 1.23. The summed E-state index contributed by atoms with van der Waals surface area (Å²) >= 11 is 2.05. The van der Waals surface area contributed by atoms with E-state index in [1.54, 1.807) is 0 Å². The molecule has 2 rings (SSSR count). The Balaban J connectivity index is 1.92. The van der Waals surface area contributed by atoms with Gasteiger partial charge in [0.05, 0.1) is 0 Å². The maximum Gasteiger partial charge on any atom is 0.0373 e. The zero-order valence-electron chi connectivity index (χ0n) is 7.73.